The van der Waals surface area contributed by atoms with Crippen LogP contribution < -0.4 is 5.32 Å². The number of nitrogens with one attached hydrogen (secondary N) is 1. The maximum atomic E-state index is 5.90. The highest BCUT2D eigenvalue weighted by atomic mass is 35.5. The van der Waals surface area contributed by atoms with Gasteiger partial charge in [0.25, 0.3) is 0 Å². The molecule has 1 unspecified atom stereocenters. The smallest absolute Gasteiger partial charge is 0.152 e. The molecule has 2 heterocycles. The van der Waals surface area contributed by atoms with Gasteiger partial charge >= 0.3 is 0 Å². The molecule has 1 atom stereocenters. The lowest BCUT2D eigenvalue weighted by atomic mass is 9.95. The third-order valence-corrected chi connectivity index (χ3v) is 3.58. The number of hydrogen-bond acceptors (Lipinski definition) is 4. The first-order chi connectivity index (χ1) is 8.86. The average Bonchev–Trinajstić information content (AvgIpc) is 2.42. The number of piperidine rings is 1. The summed E-state index contributed by atoms with van der Waals surface area (Å²) >= 11 is 5.90. The number of nitrogens with zero attached hydrogens (tertiary/aromatic N) is 2. The van der Waals surface area contributed by atoms with E-state index in [-0.39, 0.29) is 12.4 Å². The van der Waals surface area contributed by atoms with Crippen LogP contribution >= 0.6 is 24.0 Å². The van der Waals surface area contributed by atoms with Crippen molar-refractivity contribution in [3.05, 3.63) is 23.2 Å². The summed E-state index contributed by atoms with van der Waals surface area (Å²) in [5, 5.41) is 3.87. The van der Waals surface area contributed by atoms with Crippen LogP contribution in [0.25, 0.3) is 0 Å². The molecule has 1 N–H and O–H groups in total. The maximum absolute atomic E-state index is 5.90. The normalized spacial score (nSPS) is 18.9. The molecule has 4 nitrogen and oxygen atoms in total. The fraction of sp³-hybridized carbons (Fsp3) is 0.692. The molecule has 1 aromatic heterocycles. The largest absolute Gasteiger partial charge is 0.375 e. The monoisotopic (exact) mass is 305 g/mol. The lowest BCUT2D eigenvalue weighted by molar-refractivity contribution is 0.110. The standard InChI is InChI=1S/C13H20ClN3O.ClH/c14-13-12(16-6-7-17-13)10-18-8-2-4-11-3-1-5-15-9-11;/h6-7,11,15H,1-5,8-10H2;1H. The van der Waals surface area contributed by atoms with Gasteiger partial charge in [-0.1, -0.05) is 11.6 Å². The molecular formula is C13H21Cl2N3O. The highest BCUT2D eigenvalue weighted by Crippen LogP contribution is 2.16. The van der Waals surface area contributed by atoms with Gasteiger partial charge in [0.2, 0.25) is 0 Å². The van der Waals surface area contributed by atoms with Crippen LogP contribution in [-0.4, -0.2) is 29.7 Å². The molecule has 0 aliphatic carbocycles. The Labute approximate surface area is 125 Å². The van der Waals surface area contributed by atoms with Crippen LogP contribution in [0.4, 0.5) is 0 Å². The molecule has 1 aliphatic rings. The van der Waals surface area contributed by atoms with Crippen molar-refractivity contribution < 1.29 is 4.74 Å². The zero-order valence-corrected chi connectivity index (χ0v) is 12.6. The summed E-state index contributed by atoms with van der Waals surface area (Å²) in [6.45, 7) is 3.56. The van der Waals surface area contributed by atoms with E-state index in [2.05, 4.69) is 15.3 Å². The summed E-state index contributed by atoms with van der Waals surface area (Å²) in [6, 6.07) is 0. The Balaban J connectivity index is 0.00000180. The topological polar surface area (TPSA) is 47.0 Å². The number of aromatic nitrogens is 2. The van der Waals surface area contributed by atoms with E-state index in [9.17, 15) is 0 Å². The molecule has 1 aliphatic heterocycles. The Morgan fingerprint density at radius 3 is 2.95 bits per heavy atom. The molecule has 108 valence electrons. The predicted octanol–water partition coefficient (Wildman–Crippen LogP) is 2.85. The third-order valence-electron chi connectivity index (χ3n) is 3.26. The zero-order chi connectivity index (χ0) is 12.6. The second-order valence-electron chi connectivity index (χ2n) is 4.70. The summed E-state index contributed by atoms with van der Waals surface area (Å²) in [5.74, 6) is 0.822. The van der Waals surface area contributed by atoms with Gasteiger partial charge in [0.15, 0.2) is 5.15 Å². The minimum atomic E-state index is 0. The molecule has 0 amide bonds. The molecule has 0 radical (unpaired) electrons. The van der Waals surface area contributed by atoms with Crippen molar-refractivity contribution in [1.82, 2.24) is 15.3 Å². The lowest BCUT2D eigenvalue weighted by Crippen LogP contribution is -2.29. The molecule has 0 bridgehead atoms. The average molecular weight is 306 g/mol. The predicted molar refractivity (Wildman–Crippen MR) is 78.8 cm³/mol. The first-order valence-electron chi connectivity index (χ1n) is 6.60. The van der Waals surface area contributed by atoms with Gasteiger partial charge in [-0.15, -0.1) is 12.4 Å². The van der Waals surface area contributed by atoms with Crippen molar-refractivity contribution in [3.63, 3.8) is 0 Å². The minimum Gasteiger partial charge on any atom is -0.375 e. The Morgan fingerprint density at radius 1 is 1.37 bits per heavy atom. The van der Waals surface area contributed by atoms with Crippen molar-refractivity contribution in [2.75, 3.05) is 19.7 Å². The summed E-state index contributed by atoms with van der Waals surface area (Å²) in [4.78, 5) is 8.10. The van der Waals surface area contributed by atoms with E-state index >= 15 is 0 Å². The number of rotatable bonds is 6. The number of halogens is 2. The molecular weight excluding hydrogens is 285 g/mol. The number of ether oxygens (including phenoxy) is 1. The second-order valence-corrected chi connectivity index (χ2v) is 5.06. The second kappa shape index (κ2) is 9.48. The van der Waals surface area contributed by atoms with Crippen LogP contribution in [0, 0.1) is 5.92 Å². The molecule has 1 aromatic rings. The Morgan fingerprint density at radius 2 is 2.21 bits per heavy atom. The van der Waals surface area contributed by atoms with Crippen LogP contribution in [0.2, 0.25) is 5.15 Å². The van der Waals surface area contributed by atoms with Gasteiger partial charge in [-0.3, -0.25) is 4.98 Å². The first-order valence-corrected chi connectivity index (χ1v) is 6.98. The van der Waals surface area contributed by atoms with E-state index in [1.165, 1.54) is 25.8 Å². The first kappa shape index (κ1) is 16.6. The van der Waals surface area contributed by atoms with Gasteiger partial charge in [0.05, 0.1) is 6.61 Å². The molecule has 19 heavy (non-hydrogen) atoms. The molecule has 1 saturated heterocycles. The Bertz CT molecular complexity index is 359. The SMILES string of the molecule is Cl.Clc1nccnc1COCCCC1CCCNC1. The zero-order valence-electron chi connectivity index (χ0n) is 11.0. The molecule has 6 heteroatoms. The third kappa shape index (κ3) is 6.04. The van der Waals surface area contributed by atoms with Gasteiger partial charge in [-0.2, -0.15) is 0 Å². The van der Waals surface area contributed by atoms with Gasteiger partial charge in [-0.25, -0.2) is 4.98 Å². The summed E-state index contributed by atoms with van der Waals surface area (Å²) in [5.41, 5.74) is 0.721. The van der Waals surface area contributed by atoms with Crippen LogP contribution in [0.15, 0.2) is 12.4 Å². The fourth-order valence-electron chi connectivity index (χ4n) is 2.26. The van der Waals surface area contributed by atoms with Crippen molar-refractivity contribution in [2.45, 2.75) is 32.3 Å². The van der Waals surface area contributed by atoms with Crippen molar-refractivity contribution in [2.24, 2.45) is 5.92 Å². The van der Waals surface area contributed by atoms with Gasteiger partial charge in [0.1, 0.15) is 5.69 Å². The maximum Gasteiger partial charge on any atom is 0.152 e. The van der Waals surface area contributed by atoms with Crippen LogP contribution in [-0.2, 0) is 11.3 Å². The van der Waals surface area contributed by atoms with E-state index in [1.54, 1.807) is 12.4 Å². The summed E-state index contributed by atoms with van der Waals surface area (Å²) in [7, 11) is 0. The highest BCUT2D eigenvalue weighted by Gasteiger charge is 2.12. The fourth-order valence-corrected chi connectivity index (χ4v) is 2.42. The van der Waals surface area contributed by atoms with Crippen LogP contribution in [0.3, 0.4) is 0 Å². The minimum absolute atomic E-state index is 0. The molecule has 0 spiro atoms. The Hall–Kier alpha value is -0.420. The van der Waals surface area contributed by atoms with E-state index < -0.39 is 0 Å². The molecule has 1 fully saturated rings. The Kier molecular flexibility index (Phi) is 8.30. The lowest BCUT2D eigenvalue weighted by Gasteiger charge is -2.22. The van der Waals surface area contributed by atoms with E-state index in [1.807, 2.05) is 0 Å². The molecule has 0 saturated carbocycles. The van der Waals surface area contributed by atoms with Crippen molar-refractivity contribution in [3.8, 4) is 0 Å². The molecule has 0 aromatic carbocycles. The van der Waals surface area contributed by atoms with E-state index in [4.69, 9.17) is 16.3 Å². The summed E-state index contributed by atoms with van der Waals surface area (Å²) in [6.07, 6.45) is 8.22. The van der Waals surface area contributed by atoms with Crippen molar-refractivity contribution >= 4 is 24.0 Å². The van der Waals surface area contributed by atoms with Gasteiger partial charge < -0.3 is 10.1 Å². The van der Waals surface area contributed by atoms with Gasteiger partial charge in [0, 0.05) is 19.0 Å². The van der Waals surface area contributed by atoms with E-state index in [0.29, 0.717) is 11.8 Å². The molecule has 2 rings (SSSR count). The van der Waals surface area contributed by atoms with Crippen LogP contribution in [0.1, 0.15) is 31.4 Å². The van der Waals surface area contributed by atoms with Crippen LogP contribution in [0.5, 0.6) is 0 Å². The van der Waals surface area contributed by atoms with Gasteiger partial charge in [-0.05, 0) is 44.7 Å². The number of hydrogen-bond donors (Lipinski definition) is 1. The van der Waals surface area contributed by atoms with Crippen molar-refractivity contribution in [1.29, 1.82) is 0 Å². The summed E-state index contributed by atoms with van der Waals surface area (Å²) < 4.78 is 5.58. The quantitative estimate of drug-likeness (QED) is 0.821. The van der Waals surface area contributed by atoms with E-state index in [0.717, 1.165) is 31.2 Å². The highest BCUT2D eigenvalue weighted by molar-refractivity contribution is 6.29.